The Hall–Kier alpha value is -1.61. The normalized spacial score (nSPS) is 11.0. The second-order valence-electron chi connectivity index (χ2n) is 3.66. The average Bonchev–Trinajstić information content (AvgIpc) is 2.84. The number of H-pyrrole nitrogens is 1. The van der Waals surface area contributed by atoms with E-state index in [1.807, 2.05) is 6.20 Å². The Bertz CT molecular complexity index is 607. The number of nitrogens with zero attached hydrogens (tertiary/aromatic N) is 1. The van der Waals surface area contributed by atoms with Gasteiger partial charge in [0.25, 0.3) is 0 Å². The molecule has 0 fully saturated rings. The van der Waals surface area contributed by atoms with Crippen molar-refractivity contribution in [2.45, 2.75) is 6.92 Å². The van der Waals surface area contributed by atoms with Gasteiger partial charge in [0.15, 0.2) is 0 Å². The molecule has 1 aromatic carbocycles. The Balaban J connectivity index is 2.18. The van der Waals surface area contributed by atoms with Gasteiger partial charge >= 0.3 is 0 Å². The van der Waals surface area contributed by atoms with Crippen LogP contribution >= 0.6 is 11.3 Å². The predicted octanol–water partition coefficient (Wildman–Crippen LogP) is 3.60. The average molecular weight is 214 g/mol. The molecule has 0 aliphatic carbocycles. The lowest BCUT2D eigenvalue weighted by Crippen LogP contribution is -1.73. The first-order valence-electron chi connectivity index (χ1n) is 4.81. The molecule has 2 nitrogen and oxygen atoms in total. The molecule has 3 heteroatoms. The van der Waals surface area contributed by atoms with E-state index in [2.05, 4.69) is 46.8 Å². The van der Waals surface area contributed by atoms with E-state index in [9.17, 15) is 0 Å². The molecule has 0 unspecified atom stereocenters. The van der Waals surface area contributed by atoms with E-state index in [0.717, 1.165) is 10.9 Å². The van der Waals surface area contributed by atoms with Crippen molar-refractivity contribution in [1.82, 2.24) is 10.2 Å². The maximum absolute atomic E-state index is 4.02. The zero-order chi connectivity index (χ0) is 10.3. The Morgan fingerprint density at radius 1 is 1.27 bits per heavy atom. The van der Waals surface area contributed by atoms with Crippen molar-refractivity contribution in [3.63, 3.8) is 0 Å². The Labute approximate surface area is 91.6 Å². The fourth-order valence-electron chi connectivity index (χ4n) is 1.67. The molecular formula is C12H10N2S. The van der Waals surface area contributed by atoms with Gasteiger partial charge in [-0.15, -0.1) is 11.3 Å². The second kappa shape index (κ2) is 3.21. The molecule has 1 N–H and O–H groups in total. The van der Waals surface area contributed by atoms with Gasteiger partial charge in [0, 0.05) is 10.3 Å². The summed E-state index contributed by atoms with van der Waals surface area (Å²) in [6.45, 7) is 2.12. The molecule has 2 heterocycles. The summed E-state index contributed by atoms with van der Waals surface area (Å²) >= 11 is 1.78. The van der Waals surface area contributed by atoms with E-state index in [1.54, 1.807) is 11.3 Å². The molecule has 0 aliphatic rings. The Kier molecular flexibility index (Phi) is 1.86. The molecule has 0 bridgehead atoms. The summed E-state index contributed by atoms with van der Waals surface area (Å²) < 4.78 is 0. The molecule has 0 radical (unpaired) electrons. The van der Waals surface area contributed by atoms with E-state index in [-0.39, 0.29) is 0 Å². The van der Waals surface area contributed by atoms with Gasteiger partial charge in [-0.3, -0.25) is 5.10 Å². The van der Waals surface area contributed by atoms with Crippen molar-refractivity contribution in [2.24, 2.45) is 0 Å². The smallest absolute Gasteiger partial charge is 0.0656 e. The monoisotopic (exact) mass is 214 g/mol. The molecule has 15 heavy (non-hydrogen) atoms. The van der Waals surface area contributed by atoms with Crippen molar-refractivity contribution >= 4 is 22.2 Å². The largest absolute Gasteiger partial charge is 0.278 e. The number of fused-ring (bicyclic) bond motifs is 1. The minimum Gasteiger partial charge on any atom is -0.278 e. The van der Waals surface area contributed by atoms with Gasteiger partial charge in [-0.2, -0.15) is 5.10 Å². The van der Waals surface area contributed by atoms with Crippen LogP contribution < -0.4 is 0 Å². The van der Waals surface area contributed by atoms with Crippen LogP contribution in [0.25, 0.3) is 21.3 Å². The lowest BCUT2D eigenvalue weighted by Gasteiger charge is -1.96. The number of hydrogen-bond donors (Lipinski definition) is 1. The molecule has 0 spiro atoms. The minimum absolute atomic E-state index is 1.10. The number of nitrogens with one attached hydrogen (secondary N) is 1. The highest BCUT2D eigenvalue weighted by Gasteiger charge is 2.02. The molecule has 0 amide bonds. The van der Waals surface area contributed by atoms with Crippen LogP contribution in [0.15, 0.2) is 35.8 Å². The highest BCUT2D eigenvalue weighted by molar-refractivity contribution is 7.13. The van der Waals surface area contributed by atoms with Crippen molar-refractivity contribution < 1.29 is 0 Å². The van der Waals surface area contributed by atoms with E-state index < -0.39 is 0 Å². The number of hydrogen-bond acceptors (Lipinski definition) is 2. The van der Waals surface area contributed by atoms with Gasteiger partial charge in [-0.05, 0) is 35.6 Å². The Morgan fingerprint density at radius 2 is 2.20 bits per heavy atom. The number of rotatable bonds is 1. The van der Waals surface area contributed by atoms with Crippen molar-refractivity contribution in [1.29, 1.82) is 0 Å². The van der Waals surface area contributed by atoms with E-state index in [4.69, 9.17) is 0 Å². The van der Waals surface area contributed by atoms with Gasteiger partial charge in [0.1, 0.15) is 0 Å². The number of aryl methyl sites for hydroxylation is 1. The van der Waals surface area contributed by atoms with Gasteiger partial charge < -0.3 is 0 Å². The van der Waals surface area contributed by atoms with Crippen LogP contribution in [0.2, 0.25) is 0 Å². The summed E-state index contributed by atoms with van der Waals surface area (Å²) in [7, 11) is 0. The van der Waals surface area contributed by atoms with Crippen LogP contribution in [0, 0.1) is 6.92 Å². The number of aromatic amines is 1. The van der Waals surface area contributed by atoms with Crippen LogP contribution in [0.5, 0.6) is 0 Å². The molecule has 3 aromatic rings. The first-order valence-corrected chi connectivity index (χ1v) is 5.69. The molecule has 2 aromatic heterocycles. The van der Waals surface area contributed by atoms with Gasteiger partial charge in [0.05, 0.1) is 11.7 Å². The zero-order valence-electron chi connectivity index (χ0n) is 8.32. The van der Waals surface area contributed by atoms with Crippen LogP contribution in [0.3, 0.4) is 0 Å². The minimum atomic E-state index is 1.10. The molecule has 0 aliphatic heterocycles. The third-order valence-corrected chi connectivity index (χ3v) is 3.55. The summed E-state index contributed by atoms with van der Waals surface area (Å²) in [5, 5.41) is 10.3. The summed E-state index contributed by atoms with van der Waals surface area (Å²) in [5.74, 6) is 0. The lowest BCUT2D eigenvalue weighted by molar-refractivity contribution is 1.12. The highest BCUT2D eigenvalue weighted by atomic mass is 32.1. The summed E-state index contributed by atoms with van der Waals surface area (Å²) in [5.41, 5.74) is 3.67. The first-order chi connectivity index (χ1) is 7.33. The molecule has 0 saturated carbocycles. The van der Waals surface area contributed by atoms with Crippen LogP contribution in [0.4, 0.5) is 0 Å². The number of thiophene rings is 1. The van der Waals surface area contributed by atoms with Crippen LogP contribution in [-0.2, 0) is 0 Å². The fraction of sp³-hybridized carbons (Fsp3) is 0.0833. The van der Waals surface area contributed by atoms with Crippen molar-refractivity contribution in [3.05, 3.63) is 41.4 Å². The highest BCUT2D eigenvalue weighted by Crippen LogP contribution is 2.28. The molecule has 0 saturated heterocycles. The third-order valence-electron chi connectivity index (χ3n) is 2.46. The Morgan fingerprint density at radius 3 is 3.00 bits per heavy atom. The van der Waals surface area contributed by atoms with Gasteiger partial charge in [-0.1, -0.05) is 12.1 Å². The summed E-state index contributed by atoms with van der Waals surface area (Å²) in [6.07, 6.45) is 1.85. The van der Waals surface area contributed by atoms with Gasteiger partial charge in [0.2, 0.25) is 0 Å². The quantitative estimate of drug-likeness (QED) is 0.658. The van der Waals surface area contributed by atoms with Gasteiger partial charge in [-0.25, -0.2) is 0 Å². The van der Waals surface area contributed by atoms with Crippen molar-refractivity contribution in [3.8, 4) is 10.4 Å². The first kappa shape index (κ1) is 8.68. The molecule has 3 rings (SSSR count). The molecular weight excluding hydrogens is 204 g/mol. The van der Waals surface area contributed by atoms with E-state index >= 15 is 0 Å². The number of aromatic nitrogens is 2. The summed E-state index contributed by atoms with van der Waals surface area (Å²) in [4.78, 5) is 1.31. The SMILES string of the molecule is Cc1csc(-c2ccc3cn[nH]c3c2)c1. The summed E-state index contributed by atoms with van der Waals surface area (Å²) in [6, 6.07) is 8.60. The lowest BCUT2D eigenvalue weighted by atomic mass is 10.1. The maximum Gasteiger partial charge on any atom is 0.0656 e. The standard InChI is InChI=1S/C12H10N2S/c1-8-4-12(15-7-8)9-2-3-10-6-13-14-11(10)5-9/h2-7H,1H3,(H,13,14). The van der Waals surface area contributed by atoms with Crippen molar-refractivity contribution in [2.75, 3.05) is 0 Å². The topological polar surface area (TPSA) is 28.7 Å². The second-order valence-corrected chi connectivity index (χ2v) is 4.57. The van der Waals surface area contributed by atoms with E-state index in [1.165, 1.54) is 16.0 Å². The van der Waals surface area contributed by atoms with Crippen LogP contribution in [-0.4, -0.2) is 10.2 Å². The molecule has 74 valence electrons. The predicted molar refractivity (Wildman–Crippen MR) is 64.1 cm³/mol. The zero-order valence-corrected chi connectivity index (χ0v) is 9.14. The third kappa shape index (κ3) is 1.45. The maximum atomic E-state index is 4.02. The molecule has 0 atom stereocenters. The number of benzene rings is 1. The van der Waals surface area contributed by atoms with Crippen LogP contribution in [0.1, 0.15) is 5.56 Å². The van der Waals surface area contributed by atoms with E-state index in [0.29, 0.717) is 0 Å². The fourth-order valence-corrected chi connectivity index (χ4v) is 2.57.